The molecule has 166 valence electrons. The Balaban J connectivity index is 1.69. The number of likely N-dealkylation sites (tertiary alicyclic amines) is 1. The van der Waals surface area contributed by atoms with Gasteiger partial charge in [0.25, 0.3) is 0 Å². The first-order valence-electron chi connectivity index (χ1n) is 10.1. The topological polar surface area (TPSA) is 84.9 Å². The molecule has 1 aliphatic heterocycles. The van der Waals surface area contributed by atoms with Gasteiger partial charge < -0.3 is 14.8 Å². The molecule has 31 heavy (non-hydrogen) atoms. The summed E-state index contributed by atoms with van der Waals surface area (Å²) < 4.78 is 9.96. The van der Waals surface area contributed by atoms with Crippen LogP contribution in [-0.4, -0.2) is 56.1 Å². The van der Waals surface area contributed by atoms with E-state index in [0.717, 1.165) is 10.4 Å². The number of halogens is 1. The molecule has 1 N–H and O–H groups in total. The molecule has 7 nitrogen and oxygen atoms in total. The minimum absolute atomic E-state index is 0.112. The molecule has 0 spiro atoms. The van der Waals surface area contributed by atoms with Crippen molar-refractivity contribution in [1.29, 1.82) is 0 Å². The molecular formula is C22H25ClN2O5S. The fourth-order valence-electron chi connectivity index (χ4n) is 3.47. The third kappa shape index (κ3) is 6.06. The number of methoxy groups -OCH3 is 1. The van der Waals surface area contributed by atoms with Gasteiger partial charge in [0.2, 0.25) is 5.91 Å². The first-order chi connectivity index (χ1) is 14.9. The summed E-state index contributed by atoms with van der Waals surface area (Å²) in [6.45, 7) is 3.44. The van der Waals surface area contributed by atoms with Crippen LogP contribution in [0.15, 0.2) is 30.3 Å². The molecule has 1 aliphatic rings. The Labute approximate surface area is 190 Å². The summed E-state index contributed by atoms with van der Waals surface area (Å²) in [7, 11) is 1.39. The van der Waals surface area contributed by atoms with Crippen molar-refractivity contribution < 1.29 is 23.9 Å². The molecule has 1 saturated heterocycles. The zero-order chi connectivity index (χ0) is 22.4. The lowest BCUT2D eigenvalue weighted by atomic mass is 9.97. The second-order valence-corrected chi connectivity index (χ2v) is 8.69. The van der Waals surface area contributed by atoms with Crippen molar-refractivity contribution in [1.82, 2.24) is 4.90 Å². The maximum Gasteiger partial charge on any atom is 0.350 e. The predicted octanol–water partition coefficient (Wildman–Crippen LogP) is 4.07. The highest BCUT2D eigenvalue weighted by Gasteiger charge is 2.27. The first kappa shape index (κ1) is 23.2. The molecule has 0 atom stereocenters. The third-order valence-electron chi connectivity index (χ3n) is 5.09. The molecule has 1 fully saturated rings. The van der Waals surface area contributed by atoms with Crippen molar-refractivity contribution in [2.24, 2.45) is 5.92 Å². The minimum Gasteiger partial charge on any atom is -0.469 e. The average molecular weight is 465 g/mol. The van der Waals surface area contributed by atoms with E-state index in [4.69, 9.17) is 21.1 Å². The van der Waals surface area contributed by atoms with Gasteiger partial charge in [-0.1, -0.05) is 23.7 Å². The molecule has 0 saturated carbocycles. The number of ether oxygens (including phenoxy) is 2. The van der Waals surface area contributed by atoms with E-state index < -0.39 is 5.97 Å². The number of esters is 2. The molecule has 0 bridgehead atoms. The molecule has 0 unspecified atom stereocenters. The highest BCUT2D eigenvalue weighted by molar-refractivity contribution is 7.18. The van der Waals surface area contributed by atoms with Gasteiger partial charge in [-0.15, -0.1) is 11.3 Å². The predicted molar refractivity (Wildman–Crippen MR) is 121 cm³/mol. The molecule has 0 radical (unpaired) electrons. The first-order valence-corrected chi connectivity index (χ1v) is 11.3. The van der Waals surface area contributed by atoms with Crippen molar-refractivity contribution in [3.05, 3.63) is 40.2 Å². The molecule has 1 aromatic carbocycles. The lowest BCUT2D eigenvalue weighted by molar-refractivity contribution is -0.147. The monoisotopic (exact) mass is 464 g/mol. The van der Waals surface area contributed by atoms with E-state index in [1.807, 2.05) is 17.0 Å². The molecule has 2 aromatic rings. The van der Waals surface area contributed by atoms with Gasteiger partial charge in [0.1, 0.15) is 4.88 Å². The van der Waals surface area contributed by atoms with Gasteiger partial charge in [0.15, 0.2) is 0 Å². The molecule has 2 heterocycles. The van der Waals surface area contributed by atoms with E-state index in [2.05, 4.69) is 5.32 Å². The number of nitrogens with zero attached hydrogens (tertiary/aromatic N) is 1. The van der Waals surface area contributed by atoms with Crippen molar-refractivity contribution in [2.45, 2.75) is 19.8 Å². The van der Waals surface area contributed by atoms with Crippen molar-refractivity contribution in [3.8, 4) is 10.4 Å². The van der Waals surface area contributed by atoms with Gasteiger partial charge in [-0.25, -0.2) is 4.79 Å². The summed E-state index contributed by atoms with van der Waals surface area (Å²) in [5.74, 6) is -1.00. The Bertz CT molecular complexity index is 936. The number of rotatable bonds is 7. The van der Waals surface area contributed by atoms with Gasteiger partial charge in [-0.05, 0) is 56.6 Å². The fraction of sp³-hybridized carbons (Fsp3) is 0.409. The van der Waals surface area contributed by atoms with Gasteiger partial charge in [-0.2, -0.15) is 0 Å². The maximum absolute atomic E-state index is 12.7. The van der Waals surface area contributed by atoms with Crippen LogP contribution in [0.25, 0.3) is 10.4 Å². The van der Waals surface area contributed by atoms with Crippen LogP contribution in [0.1, 0.15) is 29.4 Å². The van der Waals surface area contributed by atoms with Crippen LogP contribution in [-0.2, 0) is 19.1 Å². The van der Waals surface area contributed by atoms with Crippen molar-refractivity contribution >= 4 is 46.5 Å². The smallest absolute Gasteiger partial charge is 0.350 e. The number of benzene rings is 1. The number of hydrogen-bond acceptors (Lipinski definition) is 7. The number of carbonyl (C=O) groups excluding carboxylic acids is 3. The normalized spacial score (nSPS) is 14.8. The van der Waals surface area contributed by atoms with Gasteiger partial charge in [0, 0.05) is 9.90 Å². The summed E-state index contributed by atoms with van der Waals surface area (Å²) in [5, 5.41) is 3.48. The Hall–Kier alpha value is -2.42. The van der Waals surface area contributed by atoms with Gasteiger partial charge in [-0.3, -0.25) is 14.5 Å². The fourth-order valence-corrected chi connectivity index (χ4v) is 4.61. The van der Waals surface area contributed by atoms with E-state index in [-0.39, 0.29) is 30.9 Å². The quantitative estimate of drug-likeness (QED) is 0.622. The Kier molecular flexibility index (Phi) is 8.06. The highest BCUT2D eigenvalue weighted by atomic mass is 35.5. The zero-order valence-electron chi connectivity index (χ0n) is 17.5. The van der Waals surface area contributed by atoms with Crippen LogP contribution in [0.3, 0.4) is 0 Å². The second-order valence-electron chi connectivity index (χ2n) is 7.20. The van der Waals surface area contributed by atoms with Gasteiger partial charge in [0.05, 0.1) is 31.9 Å². The Morgan fingerprint density at radius 2 is 1.87 bits per heavy atom. The molecule has 9 heteroatoms. The van der Waals surface area contributed by atoms with Gasteiger partial charge >= 0.3 is 11.9 Å². The average Bonchev–Trinajstić information content (AvgIpc) is 3.18. The Morgan fingerprint density at radius 3 is 2.48 bits per heavy atom. The van der Waals surface area contributed by atoms with E-state index >= 15 is 0 Å². The molecule has 0 aliphatic carbocycles. The van der Waals surface area contributed by atoms with Crippen LogP contribution in [0.5, 0.6) is 0 Å². The molecule has 1 amide bonds. The van der Waals surface area contributed by atoms with E-state index in [9.17, 15) is 14.4 Å². The van der Waals surface area contributed by atoms with Crippen LogP contribution in [0, 0.1) is 5.92 Å². The zero-order valence-corrected chi connectivity index (χ0v) is 19.1. The number of piperidine rings is 1. The summed E-state index contributed by atoms with van der Waals surface area (Å²) in [5.41, 5.74) is 1.33. The van der Waals surface area contributed by atoms with E-state index in [1.54, 1.807) is 25.1 Å². The summed E-state index contributed by atoms with van der Waals surface area (Å²) in [6, 6.07) is 9.05. The Morgan fingerprint density at radius 1 is 1.19 bits per heavy atom. The summed E-state index contributed by atoms with van der Waals surface area (Å²) in [6.07, 6.45) is 1.32. The van der Waals surface area contributed by atoms with Crippen LogP contribution >= 0.6 is 22.9 Å². The second kappa shape index (κ2) is 10.7. The standard InChI is InChI=1S/C22H25ClN2O5S/c1-3-30-22(28)20-17(12-18(31-20)14-4-6-16(23)7-5-14)24-19(26)13-25-10-8-15(9-11-25)21(27)29-2/h4-7,12,15H,3,8-11,13H2,1-2H3,(H,24,26). The number of nitrogens with one attached hydrogen (secondary N) is 1. The van der Waals surface area contributed by atoms with E-state index in [1.165, 1.54) is 18.4 Å². The number of carbonyl (C=O) groups is 3. The lowest BCUT2D eigenvalue weighted by Gasteiger charge is -2.29. The summed E-state index contributed by atoms with van der Waals surface area (Å²) in [4.78, 5) is 39.9. The lowest BCUT2D eigenvalue weighted by Crippen LogP contribution is -2.41. The van der Waals surface area contributed by atoms with Crippen LogP contribution in [0.2, 0.25) is 5.02 Å². The number of amides is 1. The van der Waals surface area contributed by atoms with Crippen molar-refractivity contribution in [2.75, 3.05) is 38.7 Å². The summed E-state index contributed by atoms with van der Waals surface area (Å²) >= 11 is 7.23. The maximum atomic E-state index is 12.7. The largest absolute Gasteiger partial charge is 0.469 e. The highest BCUT2D eigenvalue weighted by Crippen LogP contribution is 2.36. The van der Waals surface area contributed by atoms with Crippen LogP contribution < -0.4 is 5.32 Å². The van der Waals surface area contributed by atoms with Crippen molar-refractivity contribution in [3.63, 3.8) is 0 Å². The van der Waals surface area contributed by atoms with E-state index in [0.29, 0.717) is 41.5 Å². The number of anilines is 1. The van der Waals surface area contributed by atoms with Crippen LogP contribution in [0.4, 0.5) is 5.69 Å². The third-order valence-corrected chi connectivity index (χ3v) is 6.50. The number of hydrogen-bond donors (Lipinski definition) is 1. The molecule has 3 rings (SSSR count). The number of thiophene rings is 1. The molecular weight excluding hydrogens is 440 g/mol. The molecule has 1 aromatic heterocycles. The SMILES string of the molecule is CCOC(=O)c1sc(-c2ccc(Cl)cc2)cc1NC(=O)CN1CCC(C(=O)OC)CC1. The minimum atomic E-state index is -0.470.